The van der Waals surface area contributed by atoms with E-state index in [2.05, 4.69) is 16.4 Å². The van der Waals surface area contributed by atoms with E-state index in [4.69, 9.17) is 5.26 Å². The number of aryl methyl sites for hydroxylation is 1. The number of aromatic nitrogens is 2. The van der Waals surface area contributed by atoms with Gasteiger partial charge in [0, 0.05) is 0 Å². The lowest BCUT2D eigenvalue weighted by molar-refractivity contribution is 1.04. The third kappa shape index (κ3) is 0.562. The Morgan fingerprint density at radius 1 is 1.88 bits per heavy atom. The van der Waals surface area contributed by atoms with E-state index in [-0.39, 0.29) is 0 Å². The minimum Gasteiger partial charge on any atom is -0.275 e. The molecule has 1 heterocycles. The van der Waals surface area contributed by atoms with E-state index in [1.165, 1.54) is 0 Å². The second-order valence-corrected chi connectivity index (χ2v) is 1.42. The maximum atomic E-state index is 8.27. The van der Waals surface area contributed by atoms with E-state index in [9.17, 15) is 0 Å². The van der Waals surface area contributed by atoms with Crippen LogP contribution in [0.2, 0.25) is 0 Å². The Labute approximate surface area is 47.0 Å². The minimum atomic E-state index is 0.491. The van der Waals surface area contributed by atoms with Gasteiger partial charge in [-0.2, -0.15) is 10.4 Å². The largest absolute Gasteiger partial charge is 0.275 e. The number of aromatic amines is 1. The summed E-state index contributed by atoms with van der Waals surface area (Å²) in [5.74, 6) is 0. The van der Waals surface area contributed by atoms with Gasteiger partial charge in [0.2, 0.25) is 0 Å². The summed E-state index contributed by atoms with van der Waals surface area (Å²) in [7, 11) is 0. The van der Waals surface area contributed by atoms with E-state index in [1.54, 1.807) is 6.92 Å². The zero-order valence-electron chi connectivity index (χ0n) is 4.39. The quantitative estimate of drug-likeness (QED) is 0.520. The van der Waals surface area contributed by atoms with E-state index < -0.39 is 0 Å². The van der Waals surface area contributed by atoms with Gasteiger partial charge in [-0.15, -0.1) is 0 Å². The fourth-order valence-corrected chi connectivity index (χ4v) is 0.423. The van der Waals surface area contributed by atoms with Crippen molar-refractivity contribution in [2.45, 2.75) is 6.92 Å². The molecule has 1 rings (SSSR count). The Morgan fingerprint density at radius 3 is 2.88 bits per heavy atom. The number of H-pyrrole nitrogens is 1. The lowest BCUT2D eigenvalue weighted by atomic mass is 10.3. The molecule has 0 aliphatic rings. The first-order chi connectivity index (χ1) is 3.84. The minimum absolute atomic E-state index is 0.491. The standard InChI is InChI=1S/C5H4N3/c1-4-5(2-6)3-7-8-4/h1H3,(H,7,8). The molecular formula is C5H4N3. The molecule has 1 N–H and O–H groups in total. The van der Waals surface area contributed by atoms with Crippen molar-refractivity contribution in [2.75, 3.05) is 0 Å². The second kappa shape index (κ2) is 1.66. The number of nitriles is 1. The predicted molar refractivity (Wildman–Crippen MR) is 26.9 cm³/mol. The Balaban J connectivity index is 3.15. The molecule has 1 aromatic heterocycles. The number of nitrogens with one attached hydrogen (secondary N) is 1. The zero-order chi connectivity index (χ0) is 5.98. The molecular weight excluding hydrogens is 102 g/mol. The van der Waals surface area contributed by atoms with E-state index in [0.29, 0.717) is 11.3 Å². The summed E-state index contributed by atoms with van der Waals surface area (Å²) >= 11 is 0. The van der Waals surface area contributed by atoms with Crippen molar-refractivity contribution in [3.8, 4) is 6.07 Å². The van der Waals surface area contributed by atoms with Crippen LogP contribution in [-0.4, -0.2) is 10.2 Å². The molecule has 0 aliphatic carbocycles. The van der Waals surface area contributed by atoms with Gasteiger partial charge in [-0.1, -0.05) is 0 Å². The summed E-state index contributed by atoms with van der Waals surface area (Å²) in [5.41, 5.74) is 1.19. The molecule has 0 spiro atoms. The molecule has 0 unspecified atom stereocenters. The summed E-state index contributed by atoms with van der Waals surface area (Å²) in [4.78, 5) is 0. The van der Waals surface area contributed by atoms with Gasteiger partial charge in [-0.3, -0.25) is 5.10 Å². The SMILES string of the molecule is Cc1n[nH][c]c1C#N. The van der Waals surface area contributed by atoms with Crippen LogP contribution < -0.4 is 0 Å². The number of nitrogens with zero attached hydrogens (tertiary/aromatic N) is 2. The highest BCUT2D eigenvalue weighted by Gasteiger charge is 1.95. The van der Waals surface area contributed by atoms with Crippen molar-refractivity contribution in [1.29, 1.82) is 5.26 Å². The van der Waals surface area contributed by atoms with Crippen LogP contribution in [0.5, 0.6) is 0 Å². The molecule has 3 nitrogen and oxygen atoms in total. The zero-order valence-corrected chi connectivity index (χ0v) is 4.39. The molecule has 0 fully saturated rings. The maximum Gasteiger partial charge on any atom is 0.103 e. The average molecular weight is 106 g/mol. The van der Waals surface area contributed by atoms with Gasteiger partial charge in [0.05, 0.1) is 5.69 Å². The van der Waals surface area contributed by atoms with Crippen molar-refractivity contribution >= 4 is 0 Å². The molecule has 0 amide bonds. The molecule has 0 saturated heterocycles. The predicted octanol–water partition coefficient (Wildman–Crippen LogP) is 0.390. The number of rotatable bonds is 0. The fourth-order valence-electron chi connectivity index (χ4n) is 0.423. The lowest BCUT2D eigenvalue weighted by Crippen LogP contribution is -1.72. The van der Waals surface area contributed by atoms with Gasteiger partial charge in [-0.05, 0) is 6.92 Å². The van der Waals surface area contributed by atoms with Gasteiger partial charge < -0.3 is 0 Å². The Kier molecular flexibility index (Phi) is 1.01. The van der Waals surface area contributed by atoms with Gasteiger partial charge in [-0.25, -0.2) is 0 Å². The lowest BCUT2D eigenvalue weighted by Gasteiger charge is -1.73. The normalized spacial score (nSPS) is 8.50. The van der Waals surface area contributed by atoms with Crippen LogP contribution in [0, 0.1) is 24.5 Å². The first-order valence-corrected chi connectivity index (χ1v) is 2.17. The van der Waals surface area contributed by atoms with Crippen LogP contribution >= 0.6 is 0 Å². The Hall–Kier alpha value is -1.30. The van der Waals surface area contributed by atoms with E-state index in [1.807, 2.05) is 6.07 Å². The van der Waals surface area contributed by atoms with Gasteiger partial charge >= 0.3 is 0 Å². The van der Waals surface area contributed by atoms with Crippen LogP contribution in [0.4, 0.5) is 0 Å². The van der Waals surface area contributed by atoms with Crippen LogP contribution in [0.25, 0.3) is 0 Å². The molecule has 0 aliphatic heterocycles. The van der Waals surface area contributed by atoms with Crippen LogP contribution in [0.1, 0.15) is 11.3 Å². The van der Waals surface area contributed by atoms with Gasteiger partial charge in [0.25, 0.3) is 0 Å². The Morgan fingerprint density at radius 2 is 2.62 bits per heavy atom. The van der Waals surface area contributed by atoms with Gasteiger partial charge in [0.1, 0.15) is 17.8 Å². The highest BCUT2D eigenvalue weighted by Crippen LogP contribution is 1.96. The van der Waals surface area contributed by atoms with Crippen molar-refractivity contribution in [3.63, 3.8) is 0 Å². The fraction of sp³-hybridized carbons (Fsp3) is 0.200. The van der Waals surface area contributed by atoms with Crippen molar-refractivity contribution in [1.82, 2.24) is 10.2 Å². The first kappa shape index (κ1) is 4.85. The molecule has 0 saturated carbocycles. The molecule has 39 valence electrons. The summed E-state index contributed by atoms with van der Waals surface area (Å²) in [6.45, 7) is 1.76. The summed E-state index contributed by atoms with van der Waals surface area (Å²) < 4.78 is 0. The number of hydrogen-bond donors (Lipinski definition) is 1. The Bertz CT molecular complexity index is 218. The average Bonchev–Trinajstić information content (AvgIpc) is 2.14. The summed E-state index contributed by atoms with van der Waals surface area (Å²) in [6, 6.07) is 1.93. The highest BCUT2D eigenvalue weighted by molar-refractivity contribution is 5.27. The second-order valence-electron chi connectivity index (χ2n) is 1.42. The maximum absolute atomic E-state index is 8.27. The van der Waals surface area contributed by atoms with Crippen LogP contribution in [0.3, 0.4) is 0 Å². The smallest absolute Gasteiger partial charge is 0.103 e. The van der Waals surface area contributed by atoms with E-state index in [0.717, 1.165) is 0 Å². The molecule has 0 atom stereocenters. The van der Waals surface area contributed by atoms with Crippen LogP contribution in [-0.2, 0) is 0 Å². The molecule has 8 heavy (non-hydrogen) atoms. The molecule has 0 bridgehead atoms. The monoisotopic (exact) mass is 106 g/mol. The first-order valence-electron chi connectivity index (χ1n) is 2.17. The third-order valence-corrected chi connectivity index (χ3v) is 0.878. The molecule has 1 radical (unpaired) electrons. The molecule has 1 aromatic rings. The number of hydrogen-bond acceptors (Lipinski definition) is 2. The van der Waals surface area contributed by atoms with Crippen molar-refractivity contribution in [3.05, 3.63) is 17.5 Å². The van der Waals surface area contributed by atoms with E-state index >= 15 is 0 Å². The van der Waals surface area contributed by atoms with Crippen molar-refractivity contribution in [2.24, 2.45) is 0 Å². The summed E-state index contributed by atoms with van der Waals surface area (Å²) in [5, 5.41) is 14.4. The van der Waals surface area contributed by atoms with Gasteiger partial charge in [0.15, 0.2) is 0 Å². The third-order valence-electron chi connectivity index (χ3n) is 0.878. The van der Waals surface area contributed by atoms with Crippen molar-refractivity contribution < 1.29 is 0 Å². The van der Waals surface area contributed by atoms with Crippen LogP contribution in [0.15, 0.2) is 0 Å². The molecule has 3 heteroatoms. The summed E-state index contributed by atoms with van der Waals surface area (Å²) in [6.07, 6.45) is 2.56. The highest BCUT2D eigenvalue weighted by atomic mass is 15.1. The topological polar surface area (TPSA) is 52.5 Å². The molecule has 0 aromatic carbocycles.